The minimum Gasteiger partial charge on any atom is -0.347 e. The Hall–Kier alpha value is -2.66. The lowest BCUT2D eigenvalue weighted by Crippen LogP contribution is -2.61. The number of nitrogens with one attached hydrogen (secondary N) is 3. The molecule has 1 amide bonds. The lowest BCUT2D eigenvalue weighted by Gasteiger charge is -2.47. The minimum atomic E-state index is -4.48. The molecule has 2 aliphatic heterocycles. The van der Waals surface area contributed by atoms with Gasteiger partial charge in [-0.25, -0.2) is 8.78 Å². The average Bonchev–Trinajstić information content (AvgIpc) is 3.81. The van der Waals surface area contributed by atoms with E-state index in [9.17, 15) is 26.7 Å². The highest BCUT2D eigenvalue weighted by Crippen LogP contribution is 2.45. The van der Waals surface area contributed by atoms with Crippen molar-refractivity contribution in [3.63, 3.8) is 0 Å². The van der Waals surface area contributed by atoms with Crippen LogP contribution >= 0.6 is 11.8 Å². The quantitative estimate of drug-likeness (QED) is 0.256. The maximum absolute atomic E-state index is 15.0. The summed E-state index contributed by atoms with van der Waals surface area (Å²) in [6, 6.07) is 6.42. The molecule has 0 radical (unpaired) electrons. The minimum absolute atomic E-state index is 0.0687. The Morgan fingerprint density at radius 3 is 2.28 bits per heavy atom. The van der Waals surface area contributed by atoms with E-state index in [2.05, 4.69) is 10.6 Å². The summed E-state index contributed by atoms with van der Waals surface area (Å²) in [5, 5.41) is 14.9. The Kier molecular flexibility index (Phi) is 10.5. The highest BCUT2D eigenvalue weighted by atomic mass is 32.2. The number of hydrogen-bond acceptors (Lipinski definition) is 4. The molecule has 3 atom stereocenters. The summed E-state index contributed by atoms with van der Waals surface area (Å²) in [5.41, 5.74) is 1.30. The standard InChI is InChI=1S/C36H45F5N4OS/c37-29-11-10-25(21-30(29)38)31(24-8-9-24)43-33(46)27-19-23(22-45-16-17-47-34(45)42)18-26(20-27)28-12-15-35(44-32(28)36(39,40)41)13-6-4-2-1-3-5-7-14-35/h10-11,18-21,24,28,31-32,42,44H,1-9,12-17,22H2,(H,43,46)/t28?,31-,32?/m0/s1. The van der Waals surface area contributed by atoms with Crippen molar-refractivity contribution in [2.75, 3.05) is 12.3 Å². The van der Waals surface area contributed by atoms with Crippen molar-refractivity contribution in [3.8, 4) is 0 Å². The van der Waals surface area contributed by atoms with Crippen molar-refractivity contribution in [1.82, 2.24) is 15.5 Å². The van der Waals surface area contributed by atoms with Gasteiger partial charge in [-0.2, -0.15) is 13.2 Å². The molecule has 2 saturated heterocycles. The summed E-state index contributed by atoms with van der Waals surface area (Å²) < 4.78 is 72.7. The van der Waals surface area contributed by atoms with E-state index in [4.69, 9.17) is 5.41 Å². The first kappa shape index (κ1) is 34.2. The molecule has 4 aliphatic rings. The van der Waals surface area contributed by atoms with Crippen LogP contribution in [-0.2, 0) is 6.54 Å². The molecule has 4 fully saturated rings. The molecule has 47 heavy (non-hydrogen) atoms. The number of benzene rings is 2. The third kappa shape index (κ3) is 8.32. The second kappa shape index (κ2) is 14.4. The number of nitrogens with zero attached hydrogens (tertiary/aromatic N) is 1. The van der Waals surface area contributed by atoms with Crippen LogP contribution in [0.1, 0.15) is 122 Å². The Labute approximate surface area is 278 Å². The summed E-state index contributed by atoms with van der Waals surface area (Å²) in [6.45, 7) is 0.962. The van der Waals surface area contributed by atoms with Crippen LogP contribution in [-0.4, -0.2) is 46.0 Å². The van der Waals surface area contributed by atoms with Gasteiger partial charge in [-0.05, 0) is 85.4 Å². The van der Waals surface area contributed by atoms with Gasteiger partial charge in [-0.3, -0.25) is 10.2 Å². The van der Waals surface area contributed by atoms with Crippen LogP contribution in [0.3, 0.4) is 0 Å². The van der Waals surface area contributed by atoms with Gasteiger partial charge in [-0.1, -0.05) is 68.8 Å². The van der Waals surface area contributed by atoms with Gasteiger partial charge in [0.15, 0.2) is 16.8 Å². The van der Waals surface area contributed by atoms with E-state index in [1.165, 1.54) is 24.2 Å². The largest absolute Gasteiger partial charge is 0.404 e. The van der Waals surface area contributed by atoms with Crippen LogP contribution in [0, 0.1) is 23.0 Å². The predicted octanol–water partition coefficient (Wildman–Crippen LogP) is 8.99. The van der Waals surface area contributed by atoms with E-state index >= 15 is 0 Å². The van der Waals surface area contributed by atoms with Crippen LogP contribution < -0.4 is 10.6 Å². The van der Waals surface area contributed by atoms with Gasteiger partial charge in [0, 0.05) is 35.9 Å². The number of rotatable bonds is 7. The van der Waals surface area contributed by atoms with Gasteiger partial charge < -0.3 is 15.5 Å². The lowest BCUT2D eigenvalue weighted by atomic mass is 9.72. The van der Waals surface area contributed by atoms with Crippen molar-refractivity contribution < 1.29 is 26.7 Å². The monoisotopic (exact) mass is 676 g/mol. The van der Waals surface area contributed by atoms with Gasteiger partial charge in [0.25, 0.3) is 5.91 Å². The smallest absolute Gasteiger partial charge is 0.347 e. The summed E-state index contributed by atoms with van der Waals surface area (Å²) in [7, 11) is 0. The molecule has 5 nitrogen and oxygen atoms in total. The molecular formula is C36H45F5N4OS. The molecule has 2 saturated carbocycles. The Bertz CT molecular complexity index is 1440. The van der Waals surface area contributed by atoms with Crippen molar-refractivity contribution in [2.45, 2.75) is 120 Å². The first-order valence-corrected chi connectivity index (χ1v) is 18.2. The molecule has 2 unspecified atom stereocenters. The third-order valence-corrected chi connectivity index (χ3v) is 11.5. The molecule has 1 spiro atoms. The van der Waals surface area contributed by atoms with Gasteiger partial charge in [0.2, 0.25) is 0 Å². The summed E-state index contributed by atoms with van der Waals surface area (Å²) in [5.74, 6) is -2.47. The molecule has 2 aromatic rings. The fourth-order valence-corrected chi connectivity index (χ4v) is 8.75. The molecule has 0 bridgehead atoms. The molecule has 2 aliphatic carbocycles. The number of hydrogen-bond donors (Lipinski definition) is 3. The van der Waals surface area contributed by atoms with Crippen LogP contribution in [0.4, 0.5) is 22.0 Å². The Balaban J connectivity index is 1.31. The molecule has 6 rings (SSSR count). The number of carbonyl (C=O) groups is 1. The van der Waals surface area contributed by atoms with Crippen molar-refractivity contribution in [2.24, 2.45) is 5.92 Å². The topological polar surface area (TPSA) is 68.2 Å². The predicted molar refractivity (Wildman–Crippen MR) is 176 cm³/mol. The molecule has 2 aromatic carbocycles. The number of thioether (sulfide) groups is 1. The number of alkyl halides is 3. The zero-order valence-corrected chi connectivity index (χ0v) is 27.6. The second-order valence-corrected chi connectivity index (χ2v) is 15.1. The number of halogens is 5. The normalized spacial score (nSPS) is 24.7. The highest BCUT2D eigenvalue weighted by Gasteiger charge is 2.52. The number of amides is 1. The van der Waals surface area contributed by atoms with Crippen LogP contribution in [0.2, 0.25) is 0 Å². The van der Waals surface area contributed by atoms with E-state index in [-0.39, 0.29) is 11.5 Å². The van der Waals surface area contributed by atoms with Crippen LogP contribution in [0.5, 0.6) is 0 Å². The summed E-state index contributed by atoms with van der Waals surface area (Å²) >= 11 is 1.42. The summed E-state index contributed by atoms with van der Waals surface area (Å²) in [6.07, 6.45) is 7.01. The SMILES string of the molecule is N=C1SCCN1Cc1cc(C(=O)N[C@H](c2ccc(F)c(F)c2)C2CC2)cc(C2CCC3(CCCCCCCCC3)NC2C(F)(F)F)c1. The third-order valence-electron chi connectivity index (χ3n) is 10.6. The van der Waals surface area contributed by atoms with Crippen molar-refractivity contribution in [1.29, 1.82) is 5.41 Å². The lowest BCUT2D eigenvalue weighted by molar-refractivity contribution is -0.174. The number of piperidine rings is 1. The van der Waals surface area contributed by atoms with Crippen molar-refractivity contribution >= 4 is 22.8 Å². The van der Waals surface area contributed by atoms with Gasteiger partial charge in [0.05, 0.1) is 6.04 Å². The van der Waals surface area contributed by atoms with Crippen LogP contribution in [0.15, 0.2) is 36.4 Å². The van der Waals surface area contributed by atoms with Gasteiger partial charge in [0.1, 0.15) is 6.04 Å². The zero-order valence-electron chi connectivity index (χ0n) is 26.7. The molecule has 256 valence electrons. The first-order chi connectivity index (χ1) is 22.5. The molecule has 11 heteroatoms. The molecular weight excluding hydrogens is 631 g/mol. The van der Waals surface area contributed by atoms with E-state index in [1.807, 2.05) is 4.90 Å². The second-order valence-electron chi connectivity index (χ2n) is 14.1. The average molecular weight is 677 g/mol. The first-order valence-electron chi connectivity index (χ1n) is 17.2. The maximum Gasteiger partial charge on any atom is 0.404 e. The fourth-order valence-electron chi connectivity index (χ4n) is 7.90. The molecule has 0 aromatic heterocycles. The molecule has 2 heterocycles. The maximum atomic E-state index is 15.0. The van der Waals surface area contributed by atoms with E-state index in [1.54, 1.807) is 18.2 Å². The number of amidine groups is 1. The highest BCUT2D eigenvalue weighted by molar-refractivity contribution is 8.14. The Morgan fingerprint density at radius 2 is 1.66 bits per heavy atom. The van der Waals surface area contributed by atoms with Gasteiger partial charge in [-0.15, -0.1) is 0 Å². The van der Waals surface area contributed by atoms with Crippen LogP contribution in [0.25, 0.3) is 0 Å². The van der Waals surface area contributed by atoms with E-state index < -0.39 is 47.3 Å². The molecule has 3 N–H and O–H groups in total. The van der Waals surface area contributed by atoms with Gasteiger partial charge >= 0.3 is 6.18 Å². The summed E-state index contributed by atoms with van der Waals surface area (Å²) in [4.78, 5) is 15.7. The van der Waals surface area contributed by atoms with Crippen molar-refractivity contribution in [3.05, 3.63) is 70.3 Å². The van der Waals surface area contributed by atoms with E-state index in [0.29, 0.717) is 47.8 Å². The Morgan fingerprint density at radius 1 is 0.957 bits per heavy atom. The fraction of sp³-hybridized carbons (Fsp3) is 0.611. The van der Waals surface area contributed by atoms with E-state index in [0.717, 1.165) is 82.1 Å². The zero-order chi connectivity index (χ0) is 33.2. The number of carbonyl (C=O) groups excluding carboxylic acids is 1.